The number of carbonyl (C=O) groups excluding carboxylic acids is 1. The summed E-state index contributed by atoms with van der Waals surface area (Å²) < 4.78 is 1.55. The second kappa shape index (κ2) is 7.05. The maximum absolute atomic E-state index is 13.1. The molecule has 0 radical (unpaired) electrons. The van der Waals surface area contributed by atoms with Gasteiger partial charge in [0, 0.05) is 10.9 Å². The minimum absolute atomic E-state index is 0.108. The number of carboxylic acids is 1. The third-order valence-corrected chi connectivity index (χ3v) is 5.81. The van der Waals surface area contributed by atoms with Crippen molar-refractivity contribution >= 4 is 27.5 Å². The maximum Gasteiger partial charge on any atom is 0.263 e. The van der Waals surface area contributed by atoms with Crippen molar-refractivity contribution in [2.45, 2.75) is 20.4 Å². The van der Waals surface area contributed by atoms with Crippen LogP contribution in [0, 0.1) is 13.8 Å². The van der Waals surface area contributed by atoms with E-state index in [1.165, 1.54) is 40.9 Å². The first-order chi connectivity index (χ1) is 13.4. The molecule has 0 unspecified atom stereocenters. The molecule has 0 spiro atoms. The molecule has 140 valence electrons. The summed E-state index contributed by atoms with van der Waals surface area (Å²) in [5, 5.41) is 13.5. The lowest BCUT2D eigenvalue weighted by molar-refractivity contribution is -0.255. The molecule has 4 aromatic rings. The fourth-order valence-corrected chi connectivity index (χ4v) is 4.05. The van der Waals surface area contributed by atoms with Crippen molar-refractivity contribution in [3.63, 3.8) is 0 Å². The Morgan fingerprint density at radius 1 is 1.11 bits per heavy atom. The molecule has 0 saturated carbocycles. The van der Waals surface area contributed by atoms with Gasteiger partial charge in [0.1, 0.15) is 4.83 Å². The van der Waals surface area contributed by atoms with E-state index in [2.05, 4.69) is 31.0 Å². The highest BCUT2D eigenvalue weighted by Gasteiger charge is 2.14. The first kappa shape index (κ1) is 18.1. The second-order valence-electron chi connectivity index (χ2n) is 6.79. The highest BCUT2D eigenvalue weighted by Crippen LogP contribution is 2.31. The molecule has 0 amide bonds. The Bertz CT molecular complexity index is 1250. The van der Waals surface area contributed by atoms with Crippen molar-refractivity contribution in [2.24, 2.45) is 0 Å². The van der Waals surface area contributed by atoms with Gasteiger partial charge in [0.15, 0.2) is 0 Å². The summed E-state index contributed by atoms with van der Waals surface area (Å²) >= 11 is 1.46. The van der Waals surface area contributed by atoms with E-state index >= 15 is 0 Å². The van der Waals surface area contributed by atoms with Gasteiger partial charge in [-0.05, 0) is 41.7 Å². The summed E-state index contributed by atoms with van der Waals surface area (Å²) in [5.74, 6) is -1.22. The predicted octanol–water partition coefficient (Wildman–Crippen LogP) is 3.15. The number of aryl methyl sites for hydroxylation is 2. The Labute approximate surface area is 165 Å². The van der Waals surface area contributed by atoms with Gasteiger partial charge in [0.05, 0.1) is 24.2 Å². The van der Waals surface area contributed by atoms with Crippen LogP contribution in [0.5, 0.6) is 0 Å². The molecule has 0 atom stereocenters. The van der Waals surface area contributed by atoms with E-state index in [1.54, 1.807) is 16.7 Å². The third kappa shape index (κ3) is 3.23. The first-order valence-corrected chi connectivity index (χ1v) is 9.66. The number of nitrogens with zero attached hydrogens (tertiary/aromatic N) is 2. The van der Waals surface area contributed by atoms with Crippen LogP contribution in [-0.2, 0) is 6.54 Å². The lowest BCUT2D eigenvalue weighted by Gasteiger charge is -2.08. The van der Waals surface area contributed by atoms with E-state index < -0.39 is 5.97 Å². The Morgan fingerprint density at radius 2 is 1.86 bits per heavy atom. The normalized spacial score (nSPS) is 11.1. The van der Waals surface area contributed by atoms with Crippen molar-refractivity contribution < 1.29 is 9.90 Å². The molecule has 0 saturated heterocycles. The summed E-state index contributed by atoms with van der Waals surface area (Å²) in [5.41, 5.74) is 5.10. The molecule has 0 N–H and O–H groups in total. The van der Waals surface area contributed by atoms with Crippen molar-refractivity contribution in [3.8, 4) is 11.1 Å². The van der Waals surface area contributed by atoms with E-state index in [0.29, 0.717) is 16.8 Å². The average molecular weight is 389 g/mol. The Kier molecular flexibility index (Phi) is 4.57. The van der Waals surface area contributed by atoms with Gasteiger partial charge in [0.2, 0.25) is 0 Å². The van der Waals surface area contributed by atoms with Gasteiger partial charge in [0.25, 0.3) is 5.56 Å². The molecule has 0 aliphatic carbocycles. The zero-order valence-corrected chi connectivity index (χ0v) is 16.2. The number of hydrogen-bond acceptors (Lipinski definition) is 5. The van der Waals surface area contributed by atoms with Crippen molar-refractivity contribution in [3.05, 3.63) is 86.8 Å². The molecule has 5 nitrogen and oxygen atoms in total. The standard InChI is InChI=1S/C22H18N2O3S/c1-13-3-6-17(9-14(13)2)18-11-28-20-19(18)21(25)24(12-23-20)10-15-4-7-16(8-5-15)22(26)27/h3-9,11-12H,10H2,1-2H3,(H,26,27)/p-1. The van der Waals surface area contributed by atoms with Crippen LogP contribution in [0.15, 0.2) is 59.0 Å². The van der Waals surface area contributed by atoms with Gasteiger partial charge >= 0.3 is 0 Å². The SMILES string of the molecule is Cc1ccc(-c2csc3ncn(Cc4ccc(C(=O)[O-])cc4)c(=O)c23)cc1C. The molecule has 0 bridgehead atoms. The smallest absolute Gasteiger partial charge is 0.263 e. The molecule has 0 aliphatic heterocycles. The first-order valence-electron chi connectivity index (χ1n) is 8.78. The van der Waals surface area contributed by atoms with Crippen LogP contribution in [0.3, 0.4) is 0 Å². The van der Waals surface area contributed by atoms with Gasteiger partial charge in [-0.3, -0.25) is 9.36 Å². The maximum atomic E-state index is 13.1. The molecule has 0 aliphatic rings. The zero-order chi connectivity index (χ0) is 19.8. The quantitative estimate of drug-likeness (QED) is 0.537. The molecule has 2 aromatic heterocycles. The van der Waals surface area contributed by atoms with E-state index in [4.69, 9.17) is 0 Å². The molecular formula is C22H17N2O3S-. The highest BCUT2D eigenvalue weighted by atomic mass is 32.1. The fraction of sp³-hybridized carbons (Fsp3) is 0.136. The van der Waals surface area contributed by atoms with E-state index in [0.717, 1.165) is 16.7 Å². The Balaban J connectivity index is 1.77. The topological polar surface area (TPSA) is 75.0 Å². The average Bonchev–Trinajstić information content (AvgIpc) is 3.11. The van der Waals surface area contributed by atoms with Crippen LogP contribution in [0.25, 0.3) is 21.3 Å². The molecule has 2 aromatic carbocycles. The van der Waals surface area contributed by atoms with E-state index in [9.17, 15) is 14.7 Å². The lowest BCUT2D eigenvalue weighted by Crippen LogP contribution is -2.22. The number of carbonyl (C=O) groups is 1. The van der Waals surface area contributed by atoms with Crippen LogP contribution >= 0.6 is 11.3 Å². The third-order valence-electron chi connectivity index (χ3n) is 4.92. The van der Waals surface area contributed by atoms with Crippen molar-refractivity contribution in [1.82, 2.24) is 9.55 Å². The predicted molar refractivity (Wildman–Crippen MR) is 109 cm³/mol. The summed E-state index contributed by atoms with van der Waals surface area (Å²) in [6, 6.07) is 12.5. The Hall–Kier alpha value is -3.25. The molecule has 4 rings (SSSR count). The fourth-order valence-electron chi connectivity index (χ4n) is 3.14. The van der Waals surface area contributed by atoms with Gasteiger partial charge in [-0.2, -0.15) is 0 Å². The highest BCUT2D eigenvalue weighted by molar-refractivity contribution is 7.17. The van der Waals surface area contributed by atoms with Crippen molar-refractivity contribution in [1.29, 1.82) is 0 Å². The number of aromatic nitrogens is 2. The van der Waals surface area contributed by atoms with Crippen LogP contribution in [0.4, 0.5) is 0 Å². The minimum Gasteiger partial charge on any atom is -0.545 e. The van der Waals surface area contributed by atoms with E-state index in [1.807, 2.05) is 11.4 Å². The molecule has 2 heterocycles. The number of carboxylic acid groups (broad SMARTS) is 1. The molecule has 28 heavy (non-hydrogen) atoms. The Morgan fingerprint density at radius 3 is 2.54 bits per heavy atom. The lowest BCUT2D eigenvalue weighted by atomic mass is 10.0. The van der Waals surface area contributed by atoms with Gasteiger partial charge in [-0.1, -0.05) is 42.5 Å². The number of thiophene rings is 1. The zero-order valence-electron chi connectivity index (χ0n) is 15.4. The van der Waals surface area contributed by atoms with Crippen LogP contribution in [0.1, 0.15) is 27.0 Å². The van der Waals surface area contributed by atoms with Crippen molar-refractivity contribution in [2.75, 3.05) is 0 Å². The second-order valence-corrected chi connectivity index (χ2v) is 7.65. The summed E-state index contributed by atoms with van der Waals surface area (Å²) in [4.78, 5) is 29.2. The molecule has 6 heteroatoms. The molecular weight excluding hydrogens is 372 g/mol. The molecule has 0 fully saturated rings. The number of rotatable bonds is 4. The van der Waals surface area contributed by atoms with Crippen LogP contribution in [-0.4, -0.2) is 15.5 Å². The van der Waals surface area contributed by atoms with Gasteiger partial charge in [-0.25, -0.2) is 4.98 Å². The summed E-state index contributed by atoms with van der Waals surface area (Å²) in [7, 11) is 0. The van der Waals surface area contributed by atoms with E-state index in [-0.39, 0.29) is 11.1 Å². The van der Waals surface area contributed by atoms with Crippen LogP contribution < -0.4 is 10.7 Å². The van der Waals surface area contributed by atoms with Crippen LogP contribution in [0.2, 0.25) is 0 Å². The monoisotopic (exact) mass is 389 g/mol. The number of hydrogen-bond donors (Lipinski definition) is 0. The number of aromatic carboxylic acids is 1. The summed E-state index contributed by atoms with van der Waals surface area (Å²) in [6.07, 6.45) is 1.54. The number of fused-ring (bicyclic) bond motifs is 1. The minimum atomic E-state index is -1.22. The van der Waals surface area contributed by atoms with Gasteiger partial charge in [-0.15, -0.1) is 11.3 Å². The summed E-state index contributed by atoms with van der Waals surface area (Å²) in [6.45, 7) is 4.43. The largest absolute Gasteiger partial charge is 0.545 e. The number of benzene rings is 2. The van der Waals surface area contributed by atoms with Gasteiger partial charge < -0.3 is 9.90 Å².